The van der Waals surface area contributed by atoms with Gasteiger partial charge in [0.2, 0.25) is 0 Å². The monoisotopic (exact) mass is 328 g/mol. The maximum Gasteiger partial charge on any atom is 0.407 e. The second-order valence-electron chi connectivity index (χ2n) is 5.05. The summed E-state index contributed by atoms with van der Waals surface area (Å²) >= 11 is 0. The van der Waals surface area contributed by atoms with Crippen LogP contribution < -0.4 is 10.6 Å². The minimum Gasteiger partial charge on any atom is -0.445 e. The summed E-state index contributed by atoms with van der Waals surface area (Å²) < 4.78 is 9.99. The standard InChI is InChI=1S/C18H20N2O4/c1-19-17(21)23-11-13-3-7-15(8-4-13)16-9-5-14(6-10-16)12-24-18(22)20-2/h3-10H,11-12H2,1-2H3,(H,19,21)(H,20,22). The molecule has 2 rings (SSSR count). The Morgan fingerprint density at radius 3 is 1.33 bits per heavy atom. The molecule has 0 fully saturated rings. The second kappa shape index (κ2) is 8.57. The van der Waals surface area contributed by atoms with Gasteiger partial charge in [0.05, 0.1) is 0 Å². The van der Waals surface area contributed by atoms with E-state index in [1.807, 2.05) is 48.5 Å². The SMILES string of the molecule is CNC(=O)OCc1ccc(-c2ccc(COC(=O)NC)cc2)cc1. The lowest BCUT2D eigenvalue weighted by Crippen LogP contribution is -2.18. The molecule has 0 spiro atoms. The summed E-state index contributed by atoms with van der Waals surface area (Å²) in [5, 5.41) is 4.80. The van der Waals surface area contributed by atoms with Crippen LogP contribution >= 0.6 is 0 Å². The largest absolute Gasteiger partial charge is 0.445 e. The van der Waals surface area contributed by atoms with Gasteiger partial charge in [0, 0.05) is 14.1 Å². The molecular formula is C18H20N2O4. The number of hydrogen-bond donors (Lipinski definition) is 2. The highest BCUT2D eigenvalue weighted by Gasteiger charge is 2.03. The Hall–Kier alpha value is -3.02. The highest BCUT2D eigenvalue weighted by molar-refractivity contribution is 5.67. The van der Waals surface area contributed by atoms with E-state index in [0.717, 1.165) is 22.3 Å². The van der Waals surface area contributed by atoms with Gasteiger partial charge in [-0.3, -0.25) is 0 Å². The van der Waals surface area contributed by atoms with E-state index in [1.165, 1.54) is 14.1 Å². The second-order valence-corrected chi connectivity index (χ2v) is 5.05. The van der Waals surface area contributed by atoms with Crippen LogP contribution in [-0.4, -0.2) is 26.3 Å². The van der Waals surface area contributed by atoms with Crippen LogP contribution in [0.3, 0.4) is 0 Å². The molecule has 0 aromatic heterocycles. The molecule has 2 N–H and O–H groups in total. The molecule has 0 aliphatic rings. The highest BCUT2D eigenvalue weighted by atomic mass is 16.6. The number of ether oxygens (including phenoxy) is 2. The van der Waals surface area contributed by atoms with E-state index in [4.69, 9.17) is 9.47 Å². The van der Waals surface area contributed by atoms with Crippen molar-refractivity contribution in [1.29, 1.82) is 0 Å². The molecule has 6 nitrogen and oxygen atoms in total. The molecule has 0 bridgehead atoms. The minimum atomic E-state index is -0.450. The fraction of sp³-hybridized carbons (Fsp3) is 0.222. The van der Waals surface area contributed by atoms with Crippen molar-refractivity contribution in [2.24, 2.45) is 0 Å². The zero-order valence-corrected chi connectivity index (χ0v) is 13.7. The topological polar surface area (TPSA) is 76.7 Å². The predicted octanol–water partition coefficient (Wildman–Crippen LogP) is 3.07. The normalized spacial score (nSPS) is 9.92. The van der Waals surface area contributed by atoms with Crippen molar-refractivity contribution in [2.45, 2.75) is 13.2 Å². The summed E-state index contributed by atoms with van der Waals surface area (Å²) in [4.78, 5) is 22.1. The molecule has 0 atom stereocenters. The maximum absolute atomic E-state index is 11.1. The van der Waals surface area contributed by atoms with Gasteiger partial charge in [0.1, 0.15) is 13.2 Å². The van der Waals surface area contributed by atoms with E-state index >= 15 is 0 Å². The lowest BCUT2D eigenvalue weighted by molar-refractivity contribution is 0.141. The van der Waals surface area contributed by atoms with E-state index in [1.54, 1.807) is 0 Å². The summed E-state index contributed by atoms with van der Waals surface area (Å²) in [7, 11) is 3.05. The number of rotatable bonds is 5. The molecule has 24 heavy (non-hydrogen) atoms. The zero-order chi connectivity index (χ0) is 17.4. The Morgan fingerprint density at radius 1 is 0.708 bits per heavy atom. The van der Waals surface area contributed by atoms with Crippen LogP contribution in [0.25, 0.3) is 11.1 Å². The maximum atomic E-state index is 11.1. The van der Waals surface area contributed by atoms with Gasteiger partial charge in [-0.25, -0.2) is 9.59 Å². The molecule has 0 aliphatic carbocycles. The number of amides is 2. The molecule has 0 heterocycles. The predicted molar refractivity (Wildman–Crippen MR) is 90.4 cm³/mol. The molecule has 0 aliphatic heterocycles. The van der Waals surface area contributed by atoms with E-state index in [-0.39, 0.29) is 13.2 Å². The van der Waals surface area contributed by atoms with Crippen molar-refractivity contribution in [2.75, 3.05) is 14.1 Å². The first kappa shape index (κ1) is 17.3. The van der Waals surface area contributed by atoms with Crippen LogP contribution in [0, 0.1) is 0 Å². The molecule has 0 saturated carbocycles. The highest BCUT2D eigenvalue weighted by Crippen LogP contribution is 2.21. The van der Waals surface area contributed by atoms with Crippen LogP contribution in [0.15, 0.2) is 48.5 Å². The molecule has 2 amide bonds. The fourth-order valence-electron chi connectivity index (χ4n) is 2.03. The Morgan fingerprint density at radius 2 is 1.04 bits per heavy atom. The first-order valence-electron chi connectivity index (χ1n) is 7.49. The van der Waals surface area contributed by atoms with Gasteiger partial charge >= 0.3 is 12.2 Å². The van der Waals surface area contributed by atoms with E-state index < -0.39 is 12.2 Å². The Balaban J connectivity index is 1.96. The Labute approximate surface area is 140 Å². The third kappa shape index (κ3) is 5.01. The van der Waals surface area contributed by atoms with Gasteiger partial charge < -0.3 is 20.1 Å². The van der Waals surface area contributed by atoms with Crippen molar-refractivity contribution in [3.8, 4) is 11.1 Å². The minimum absolute atomic E-state index is 0.232. The summed E-state index contributed by atoms with van der Waals surface area (Å²) in [6, 6.07) is 15.6. The molecule has 0 saturated heterocycles. The lowest BCUT2D eigenvalue weighted by atomic mass is 10.0. The van der Waals surface area contributed by atoms with Crippen molar-refractivity contribution in [3.63, 3.8) is 0 Å². The third-order valence-electron chi connectivity index (χ3n) is 3.39. The molecule has 126 valence electrons. The lowest BCUT2D eigenvalue weighted by Gasteiger charge is -2.07. The van der Waals surface area contributed by atoms with Gasteiger partial charge in [0.15, 0.2) is 0 Å². The van der Waals surface area contributed by atoms with Crippen LogP contribution in [-0.2, 0) is 22.7 Å². The van der Waals surface area contributed by atoms with Crippen LogP contribution in [0.1, 0.15) is 11.1 Å². The smallest absolute Gasteiger partial charge is 0.407 e. The summed E-state index contributed by atoms with van der Waals surface area (Å²) in [5.74, 6) is 0. The van der Waals surface area contributed by atoms with Gasteiger partial charge in [0.25, 0.3) is 0 Å². The molecule has 0 unspecified atom stereocenters. The van der Waals surface area contributed by atoms with E-state index in [2.05, 4.69) is 10.6 Å². The van der Waals surface area contributed by atoms with Crippen LogP contribution in [0.4, 0.5) is 9.59 Å². The quantitative estimate of drug-likeness (QED) is 0.884. The third-order valence-corrected chi connectivity index (χ3v) is 3.39. The molecule has 6 heteroatoms. The number of nitrogens with one attached hydrogen (secondary N) is 2. The van der Waals surface area contributed by atoms with Gasteiger partial charge in [-0.2, -0.15) is 0 Å². The summed E-state index contributed by atoms with van der Waals surface area (Å²) in [5.41, 5.74) is 3.94. The molecule has 2 aromatic rings. The zero-order valence-electron chi connectivity index (χ0n) is 13.7. The van der Waals surface area contributed by atoms with Gasteiger partial charge in [-0.05, 0) is 22.3 Å². The molecule has 2 aromatic carbocycles. The van der Waals surface area contributed by atoms with Gasteiger partial charge in [-0.1, -0.05) is 48.5 Å². The number of alkyl carbamates (subject to hydrolysis) is 2. The first-order valence-corrected chi connectivity index (χ1v) is 7.49. The first-order chi connectivity index (χ1) is 11.6. The number of carbonyl (C=O) groups excluding carboxylic acids is 2. The number of carbonyl (C=O) groups is 2. The average molecular weight is 328 g/mol. The van der Waals surface area contributed by atoms with Crippen molar-refractivity contribution >= 4 is 12.2 Å². The molecular weight excluding hydrogens is 308 g/mol. The summed E-state index contributed by atoms with van der Waals surface area (Å²) in [6.07, 6.45) is -0.901. The fourth-order valence-corrected chi connectivity index (χ4v) is 2.03. The van der Waals surface area contributed by atoms with Crippen LogP contribution in [0.5, 0.6) is 0 Å². The van der Waals surface area contributed by atoms with Crippen molar-refractivity contribution < 1.29 is 19.1 Å². The van der Waals surface area contributed by atoms with Crippen molar-refractivity contribution in [1.82, 2.24) is 10.6 Å². The summed E-state index contributed by atoms with van der Waals surface area (Å²) in [6.45, 7) is 0.464. The molecule has 0 radical (unpaired) electrons. The van der Waals surface area contributed by atoms with E-state index in [9.17, 15) is 9.59 Å². The average Bonchev–Trinajstić information content (AvgIpc) is 2.65. The van der Waals surface area contributed by atoms with E-state index in [0.29, 0.717) is 0 Å². The number of hydrogen-bond acceptors (Lipinski definition) is 4. The Bertz CT molecular complexity index is 620. The Kier molecular flexibility index (Phi) is 6.19. The van der Waals surface area contributed by atoms with Crippen LogP contribution in [0.2, 0.25) is 0 Å². The van der Waals surface area contributed by atoms with Gasteiger partial charge in [-0.15, -0.1) is 0 Å². The number of benzene rings is 2. The van der Waals surface area contributed by atoms with Crippen molar-refractivity contribution in [3.05, 3.63) is 59.7 Å².